The van der Waals surface area contributed by atoms with E-state index in [1.165, 1.54) is 24.3 Å². The van der Waals surface area contributed by atoms with Gasteiger partial charge in [-0.25, -0.2) is 12.8 Å². The van der Waals surface area contributed by atoms with E-state index in [1.54, 1.807) is 29.2 Å². The second kappa shape index (κ2) is 9.75. The summed E-state index contributed by atoms with van der Waals surface area (Å²) in [7, 11) is -3.80. The molecular formula is C22H26FN5O4S. The Bertz CT molecular complexity index is 1120. The van der Waals surface area contributed by atoms with E-state index >= 15 is 0 Å². The topological polar surface area (TPSA) is 102 Å². The summed E-state index contributed by atoms with van der Waals surface area (Å²) >= 11 is 0. The Morgan fingerprint density at radius 1 is 1.03 bits per heavy atom. The summed E-state index contributed by atoms with van der Waals surface area (Å²) in [5.41, 5.74) is 1.43. The number of sulfonamides is 1. The van der Waals surface area contributed by atoms with Crippen LogP contribution < -0.4 is 15.5 Å². The van der Waals surface area contributed by atoms with Gasteiger partial charge in [0.25, 0.3) is 0 Å². The fourth-order valence-corrected chi connectivity index (χ4v) is 5.33. The number of carbonyl (C=O) groups is 2. The molecule has 0 saturated carbocycles. The molecule has 0 aromatic heterocycles. The van der Waals surface area contributed by atoms with E-state index < -0.39 is 10.0 Å². The Hall–Kier alpha value is -3.18. The van der Waals surface area contributed by atoms with E-state index in [4.69, 9.17) is 0 Å². The molecule has 0 unspecified atom stereocenters. The molecule has 0 bridgehead atoms. The minimum absolute atomic E-state index is 0.0339. The van der Waals surface area contributed by atoms with Crippen molar-refractivity contribution < 1.29 is 22.4 Å². The van der Waals surface area contributed by atoms with Crippen molar-refractivity contribution in [3.63, 3.8) is 0 Å². The van der Waals surface area contributed by atoms with Crippen LogP contribution in [0.4, 0.5) is 15.8 Å². The van der Waals surface area contributed by atoms with Gasteiger partial charge in [-0.15, -0.1) is 0 Å². The molecule has 2 saturated heterocycles. The first-order valence-corrected chi connectivity index (χ1v) is 12.2. The Labute approximate surface area is 192 Å². The van der Waals surface area contributed by atoms with Crippen LogP contribution >= 0.6 is 0 Å². The monoisotopic (exact) mass is 475 g/mol. The normalized spacial score (nSPS) is 17.5. The maximum Gasteiger partial charge on any atom is 0.243 e. The predicted molar refractivity (Wildman–Crippen MR) is 122 cm³/mol. The number of halogens is 1. The van der Waals surface area contributed by atoms with Crippen LogP contribution in [-0.2, 0) is 19.6 Å². The quantitative estimate of drug-likeness (QED) is 0.638. The molecule has 9 nitrogen and oxygen atoms in total. The van der Waals surface area contributed by atoms with E-state index in [0.717, 1.165) is 9.99 Å². The number of piperazine rings is 2. The highest BCUT2D eigenvalue weighted by Crippen LogP contribution is 2.21. The van der Waals surface area contributed by atoms with Gasteiger partial charge < -0.3 is 20.4 Å². The highest BCUT2D eigenvalue weighted by atomic mass is 32.2. The summed E-state index contributed by atoms with van der Waals surface area (Å²) in [5.74, 6) is -0.698. The van der Waals surface area contributed by atoms with E-state index in [2.05, 4.69) is 15.5 Å². The lowest BCUT2D eigenvalue weighted by atomic mass is 10.2. The molecule has 2 fully saturated rings. The van der Waals surface area contributed by atoms with Gasteiger partial charge in [-0.3, -0.25) is 9.59 Å². The summed E-state index contributed by atoms with van der Waals surface area (Å²) in [6.45, 7) is 2.71. The van der Waals surface area contributed by atoms with Crippen molar-refractivity contribution in [1.29, 1.82) is 0 Å². The third-order valence-electron chi connectivity index (χ3n) is 5.74. The minimum Gasteiger partial charge on any atom is -0.376 e. The molecule has 0 spiro atoms. The van der Waals surface area contributed by atoms with Gasteiger partial charge in [0, 0.05) is 50.6 Å². The number of nitrogens with zero attached hydrogens (tertiary/aromatic N) is 3. The molecular weight excluding hydrogens is 449 g/mol. The molecule has 11 heteroatoms. The third-order valence-corrected chi connectivity index (χ3v) is 7.58. The van der Waals surface area contributed by atoms with Gasteiger partial charge >= 0.3 is 0 Å². The van der Waals surface area contributed by atoms with Crippen LogP contribution in [0.3, 0.4) is 0 Å². The van der Waals surface area contributed by atoms with Crippen molar-refractivity contribution in [3.8, 4) is 0 Å². The molecule has 0 radical (unpaired) electrons. The minimum atomic E-state index is -3.80. The zero-order valence-electron chi connectivity index (χ0n) is 18.0. The van der Waals surface area contributed by atoms with Crippen molar-refractivity contribution in [2.75, 3.05) is 62.6 Å². The van der Waals surface area contributed by atoms with Crippen molar-refractivity contribution >= 4 is 33.2 Å². The summed E-state index contributed by atoms with van der Waals surface area (Å²) in [6, 6.07) is 12.5. The molecule has 4 rings (SSSR count). The predicted octanol–water partition coefficient (Wildman–Crippen LogP) is 0.707. The number of anilines is 2. The van der Waals surface area contributed by atoms with Crippen molar-refractivity contribution in [1.82, 2.24) is 14.5 Å². The van der Waals surface area contributed by atoms with E-state index in [-0.39, 0.29) is 48.7 Å². The van der Waals surface area contributed by atoms with Crippen LogP contribution in [0, 0.1) is 5.82 Å². The lowest BCUT2D eigenvalue weighted by Crippen LogP contribution is -2.50. The lowest BCUT2D eigenvalue weighted by molar-refractivity contribution is -0.129. The second-order valence-corrected chi connectivity index (χ2v) is 9.85. The molecule has 176 valence electrons. The number of nitrogens with one attached hydrogen (secondary N) is 2. The largest absolute Gasteiger partial charge is 0.376 e. The Morgan fingerprint density at radius 3 is 2.45 bits per heavy atom. The van der Waals surface area contributed by atoms with E-state index in [1.807, 2.05) is 0 Å². The smallest absolute Gasteiger partial charge is 0.243 e. The van der Waals surface area contributed by atoms with Gasteiger partial charge in [-0.05, 0) is 42.5 Å². The molecule has 2 aromatic rings. The first-order valence-electron chi connectivity index (χ1n) is 10.7. The molecule has 2 N–H and O–H groups in total. The summed E-state index contributed by atoms with van der Waals surface area (Å²) in [4.78, 5) is 28.1. The highest BCUT2D eigenvalue weighted by molar-refractivity contribution is 7.89. The zero-order valence-corrected chi connectivity index (χ0v) is 18.9. The molecule has 2 aliphatic heterocycles. The van der Waals surface area contributed by atoms with Crippen LogP contribution in [0.2, 0.25) is 0 Å². The number of hydrogen-bond donors (Lipinski definition) is 2. The standard InChI is InChI=1S/C22H26FN5O4S/c23-17-4-6-19(7-5-17)26-10-12-27(13-11-26)22(30)15-25-18-2-1-3-20(14-18)33(31,32)28-9-8-24-21(29)16-28/h1-7,14,25H,8-13,15-16H2,(H,24,29). The number of rotatable bonds is 6. The van der Waals surface area contributed by atoms with Crippen LogP contribution in [0.5, 0.6) is 0 Å². The average Bonchev–Trinajstić information content (AvgIpc) is 2.83. The number of hydrogen-bond acceptors (Lipinski definition) is 6. The first kappa shape index (κ1) is 23.0. The first-order chi connectivity index (χ1) is 15.8. The molecule has 0 atom stereocenters. The summed E-state index contributed by atoms with van der Waals surface area (Å²) < 4.78 is 40.0. The zero-order chi connectivity index (χ0) is 23.4. The number of benzene rings is 2. The number of carbonyl (C=O) groups excluding carboxylic acids is 2. The molecule has 0 aliphatic carbocycles. The summed E-state index contributed by atoms with van der Waals surface area (Å²) in [6.07, 6.45) is 0. The third kappa shape index (κ3) is 5.42. The molecule has 2 amide bonds. The van der Waals surface area contributed by atoms with Gasteiger partial charge in [0.1, 0.15) is 5.82 Å². The summed E-state index contributed by atoms with van der Waals surface area (Å²) in [5, 5.41) is 5.61. The SMILES string of the molecule is O=C1CN(S(=O)(=O)c2cccc(NCC(=O)N3CCN(c4ccc(F)cc4)CC3)c2)CCN1. The van der Waals surface area contributed by atoms with Gasteiger partial charge in [0.05, 0.1) is 18.0 Å². The van der Waals surface area contributed by atoms with Gasteiger partial charge in [-0.2, -0.15) is 4.31 Å². The second-order valence-electron chi connectivity index (χ2n) is 7.91. The highest BCUT2D eigenvalue weighted by Gasteiger charge is 2.29. The number of amides is 2. The fraction of sp³-hybridized carbons (Fsp3) is 0.364. The Balaban J connectivity index is 1.32. The molecule has 2 aromatic carbocycles. The maximum atomic E-state index is 13.1. The van der Waals surface area contributed by atoms with Crippen LogP contribution in [0.25, 0.3) is 0 Å². The molecule has 33 heavy (non-hydrogen) atoms. The van der Waals surface area contributed by atoms with Crippen LogP contribution in [0.1, 0.15) is 0 Å². The van der Waals surface area contributed by atoms with E-state index in [9.17, 15) is 22.4 Å². The van der Waals surface area contributed by atoms with Crippen LogP contribution in [-0.4, -0.2) is 81.8 Å². The Morgan fingerprint density at radius 2 is 1.76 bits per heavy atom. The van der Waals surface area contributed by atoms with Crippen molar-refractivity contribution in [2.45, 2.75) is 4.90 Å². The average molecular weight is 476 g/mol. The van der Waals surface area contributed by atoms with Gasteiger partial charge in [-0.1, -0.05) is 6.07 Å². The molecule has 2 aliphatic rings. The molecule has 2 heterocycles. The van der Waals surface area contributed by atoms with Gasteiger partial charge in [0.2, 0.25) is 21.8 Å². The Kier molecular flexibility index (Phi) is 6.80. The van der Waals surface area contributed by atoms with Crippen LogP contribution in [0.15, 0.2) is 53.4 Å². The van der Waals surface area contributed by atoms with Gasteiger partial charge in [0.15, 0.2) is 0 Å². The fourth-order valence-electron chi connectivity index (χ4n) is 3.89. The van der Waals surface area contributed by atoms with E-state index in [0.29, 0.717) is 31.9 Å². The maximum absolute atomic E-state index is 13.1. The van der Waals surface area contributed by atoms with Crippen molar-refractivity contribution in [2.24, 2.45) is 0 Å². The van der Waals surface area contributed by atoms with Crippen molar-refractivity contribution in [3.05, 3.63) is 54.3 Å². The lowest BCUT2D eigenvalue weighted by Gasteiger charge is -2.36.